The summed E-state index contributed by atoms with van der Waals surface area (Å²) in [4.78, 5) is 0. The van der Waals surface area contributed by atoms with Crippen LogP contribution in [0.15, 0.2) is 24.3 Å². The Morgan fingerprint density at radius 2 is 1.89 bits per heavy atom. The average Bonchev–Trinajstić information content (AvgIpc) is 2.65. The maximum absolute atomic E-state index is 5.90. The first kappa shape index (κ1) is 14.1. The molecule has 4 heteroatoms. The van der Waals surface area contributed by atoms with Gasteiger partial charge in [0.15, 0.2) is 0 Å². The fraction of sp³-hybridized carbons (Fsp3) is 0.400. The number of aromatic nitrogens is 2. The molecule has 0 unspecified atom stereocenters. The van der Waals surface area contributed by atoms with Crippen LogP contribution >= 0.6 is 11.6 Å². The van der Waals surface area contributed by atoms with Crippen LogP contribution in [0.25, 0.3) is 0 Å². The summed E-state index contributed by atoms with van der Waals surface area (Å²) < 4.78 is 2.06. The van der Waals surface area contributed by atoms with E-state index >= 15 is 0 Å². The number of hydrogen-bond donors (Lipinski definition) is 1. The average molecular weight is 278 g/mol. The first-order chi connectivity index (χ1) is 9.11. The van der Waals surface area contributed by atoms with E-state index in [1.165, 1.54) is 16.8 Å². The highest BCUT2D eigenvalue weighted by atomic mass is 35.5. The zero-order chi connectivity index (χ0) is 13.8. The maximum Gasteiger partial charge on any atom is 0.0662 e. The lowest BCUT2D eigenvalue weighted by Crippen LogP contribution is -2.05. The van der Waals surface area contributed by atoms with E-state index in [0.29, 0.717) is 0 Å². The lowest BCUT2D eigenvalue weighted by molar-refractivity contribution is 0.657. The second kappa shape index (κ2) is 6.22. The van der Waals surface area contributed by atoms with Crippen molar-refractivity contribution < 1.29 is 0 Å². The van der Waals surface area contributed by atoms with Gasteiger partial charge in [0.1, 0.15) is 0 Å². The van der Waals surface area contributed by atoms with Crippen molar-refractivity contribution in [2.75, 3.05) is 6.54 Å². The number of hydrogen-bond acceptors (Lipinski definition) is 2. The zero-order valence-corrected chi connectivity index (χ0v) is 12.2. The SMILES string of the molecule is Cc1nn(Cc2ccc(Cl)cc2)c(C)c1CCCN. The van der Waals surface area contributed by atoms with Gasteiger partial charge in [-0.1, -0.05) is 23.7 Å². The van der Waals surface area contributed by atoms with E-state index in [1.54, 1.807) is 0 Å². The van der Waals surface area contributed by atoms with Gasteiger partial charge in [0.25, 0.3) is 0 Å². The van der Waals surface area contributed by atoms with Crippen molar-refractivity contribution in [2.24, 2.45) is 5.73 Å². The number of halogens is 1. The molecule has 1 aromatic carbocycles. The van der Waals surface area contributed by atoms with Crippen LogP contribution in [0.1, 0.15) is 28.9 Å². The Morgan fingerprint density at radius 3 is 2.53 bits per heavy atom. The third-order valence-corrected chi connectivity index (χ3v) is 3.66. The first-order valence-electron chi connectivity index (χ1n) is 6.59. The largest absolute Gasteiger partial charge is 0.330 e. The Balaban J connectivity index is 2.19. The molecule has 3 nitrogen and oxygen atoms in total. The van der Waals surface area contributed by atoms with Gasteiger partial charge in [-0.2, -0.15) is 5.10 Å². The highest BCUT2D eigenvalue weighted by molar-refractivity contribution is 6.30. The molecule has 0 amide bonds. The van der Waals surface area contributed by atoms with Gasteiger partial charge in [-0.15, -0.1) is 0 Å². The maximum atomic E-state index is 5.90. The van der Waals surface area contributed by atoms with Crippen LogP contribution in [0.4, 0.5) is 0 Å². The number of nitrogens with zero attached hydrogens (tertiary/aromatic N) is 2. The van der Waals surface area contributed by atoms with Crippen LogP contribution in [-0.4, -0.2) is 16.3 Å². The van der Waals surface area contributed by atoms with Gasteiger partial charge >= 0.3 is 0 Å². The predicted molar refractivity (Wildman–Crippen MR) is 79.6 cm³/mol. The van der Waals surface area contributed by atoms with Crippen LogP contribution < -0.4 is 5.73 Å². The molecule has 0 saturated heterocycles. The van der Waals surface area contributed by atoms with Crippen molar-refractivity contribution in [3.63, 3.8) is 0 Å². The molecule has 2 N–H and O–H groups in total. The van der Waals surface area contributed by atoms with E-state index in [-0.39, 0.29) is 0 Å². The number of benzene rings is 1. The smallest absolute Gasteiger partial charge is 0.0662 e. The monoisotopic (exact) mass is 277 g/mol. The first-order valence-corrected chi connectivity index (χ1v) is 6.97. The number of nitrogens with two attached hydrogens (primary N) is 1. The Hall–Kier alpha value is -1.32. The summed E-state index contributed by atoms with van der Waals surface area (Å²) in [6.07, 6.45) is 2.02. The second-order valence-corrected chi connectivity index (χ2v) is 5.26. The highest BCUT2D eigenvalue weighted by Gasteiger charge is 2.11. The number of aryl methyl sites for hydroxylation is 1. The van der Waals surface area contributed by atoms with Gasteiger partial charge in [-0.05, 0) is 56.5 Å². The Morgan fingerprint density at radius 1 is 1.21 bits per heavy atom. The van der Waals surface area contributed by atoms with Crippen molar-refractivity contribution in [2.45, 2.75) is 33.2 Å². The molecule has 0 aliphatic carbocycles. The molecule has 0 bridgehead atoms. The van der Waals surface area contributed by atoms with Crippen molar-refractivity contribution in [3.05, 3.63) is 51.8 Å². The molecule has 0 aliphatic heterocycles. The van der Waals surface area contributed by atoms with Gasteiger partial charge in [0.05, 0.1) is 12.2 Å². The normalized spacial score (nSPS) is 10.9. The summed E-state index contributed by atoms with van der Waals surface area (Å²) in [6, 6.07) is 7.91. The minimum absolute atomic E-state index is 0.723. The molecule has 2 rings (SSSR count). The standard InChI is InChI=1S/C15H20ClN3/c1-11-15(4-3-9-17)12(2)19(18-11)10-13-5-7-14(16)8-6-13/h5-8H,3-4,9-10,17H2,1-2H3. The molecule has 0 spiro atoms. The third kappa shape index (κ3) is 3.37. The van der Waals surface area contributed by atoms with Gasteiger partial charge in [0.2, 0.25) is 0 Å². The molecule has 1 heterocycles. The van der Waals surface area contributed by atoms with E-state index < -0.39 is 0 Å². The topological polar surface area (TPSA) is 43.8 Å². The molecule has 102 valence electrons. The highest BCUT2D eigenvalue weighted by Crippen LogP contribution is 2.17. The molecule has 0 atom stereocenters. The molecule has 2 aromatic rings. The minimum atomic E-state index is 0.723. The second-order valence-electron chi connectivity index (χ2n) is 4.83. The molecule has 0 saturated carbocycles. The van der Waals surface area contributed by atoms with E-state index in [0.717, 1.165) is 36.6 Å². The van der Waals surface area contributed by atoms with Crippen molar-refractivity contribution in [3.8, 4) is 0 Å². The van der Waals surface area contributed by atoms with Crippen molar-refractivity contribution in [1.82, 2.24) is 9.78 Å². The molecule has 0 aliphatic rings. The third-order valence-electron chi connectivity index (χ3n) is 3.41. The van der Waals surface area contributed by atoms with Crippen molar-refractivity contribution in [1.29, 1.82) is 0 Å². The summed E-state index contributed by atoms with van der Waals surface area (Å²) in [5.41, 5.74) is 10.5. The Bertz CT molecular complexity index is 543. The van der Waals surface area contributed by atoms with Crippen LogP contribution in [0.3, 0.4) is 0 Å². The lowest BCUT2D eigenvalue weighted by atomic mass is 10.1. The number of rotatable bonds is 5. The van der Waals surface area contributed by atoms with E-state index in [2.05, 4.69) is 23.6 Å². The summed E-state index contributed by atoms with van der Waals surface area (Å²) in [7, 11) is 0. The summed E-state index contributed by atoms with van der Waals surface area (Å²) in [5, 5.41) is 5.39. The van der Waals surface area contributed by atoms with Crippen LogP contribution in [0.5, 0.6) is 0 Å². The van der Waals surface area contributed by atoms with Gasteiger partial charge < -0.3 is 5.73 Å². The minimum Gasteiger partial charge on any atom is -0.330 e. The lowest BCUT2D eigenvalue weighted by Gasteiger charge is -2.06. The van der Waals surface area contributed by atoms with Crippen LogP contribution in [-0.2, 0) is 13.0 Å². The quantitative estimate of drug-likeness (QED) is 0.913. The predicted octanol–water partition coefficient (Wildman–Crippen LogP) is 3.09. The van der Waals surface area contributed by atoms with Gasteiger partial charge in [-0.25, -0.2) is 0 Å². The molecular formula is C15H20ClN3. The van der Waals surface area contributed by atoms with Gasteiger partial charge in [0, 0.05) is 10.7 Å². The molecule has 1 aromatic heterocycles. The van der Waals surface area contributed by atoms with E-state index in [9.17, 15) is 0 Å². The Labute approximate surface area is 119 Å². The van der Waals surface area contributed by atoms with E-state index in [4.69, 9.17) is 17.3 Å². The van der Waals surface area contributed by atoms with Crippen LogP contribution in [0, 0.1) is 13.8 Å². The Kier molecular flexibility index (Phi) is 4.61. The summed E-state index contributed by atoms with van der Waals surface area (Å²) >= 11 is 5.90. The molecular weight excluding hydrogens is 258 g/mol. The fourth-order valence-corrected chi connectivity index (χ4v) is 2.42. The molecule has 0 radical (unpaired) electrons. The van der Waals surface area contributed by atoms with Crippen LogP contribution in [0.2, 0.25) is 5.02 Å². The van der Waals surface area contributed by atoms with Gasteiger partial charge in [-0.3, -0.25) is 4.68 Å². The van der Waals surface area contributed by atoms with Crippen molar-refractivity contribution >= 4 is 11.6 Å². The fourth-order valence-electron chi connectivity index (χ4n) is 2.29. The van der Waals surface area contributed by atoms with E-state index in [1.807, 2.05) is 24.3 Å². The summed E-state index contributed by atoms with van der Waals surface area (Å²) in [5.74, 6) is 0. The summed E-state index contributed by atoms with van der Waals surface area (Å²) in [6.45, 7) is 5.70. The molecule has 0 fully saturated rings. The zero-order valence-electron chi connectivity index (χ0n) is 11.5. The molecule has 19 heavy (non-hydrogen) atoms.